The number of hydrogen-bond acceptors (Lipinski definition) is 5. The molecule has 3 aromatic heterocycles. The molecule has 2 fully saturated rings. The van der Waals surface area contributed by atoms with E-state index in [9.17, 15) is 9.59 Å². The van der Waals surface area contributed by atoms with E-state index < -0.39 is 0 Å². The Morgan fingerprint density at radius 2 is 2.17 bits per heavy atom. The van der Waals surface area contributed by atoms with Crippen molar-refractivity contribution >= 4 is 38.8 Å². The average molecular weight is 470 g/mol. The lowest BCUT2D eigenvalue weighted by Gasteiger charge is -2.34. The van der Waals surface area contributed by atoms with Gasteiger partial charge in [-0.1, -0.05) is 0 Å². The molecule has 0 aromatic carbocycles. The maximum atomic E-state index is 13.3. The summed E-state index contributed by atoms with van der Waals surface area (Å²) in [7, 11) is 0. The van der Waals surface area contributed by atoms with E-state index in [4.69, 9.17) is 0 Å². The number of aromatic nitrogens is 5. The van der Waals surface area contributed by atoms with Crippen molar-refractivity contribution in [2.45, 2.75) is 44.4 Å². The normalized spacial score (nSPS) is 24.8. The van der Waals surface area contributed by atoms with E-state index >= 15 is 0 Å². The fourth-order valence-corrected chi connectivity index (χ4v) is 5.26. The Hall–Kier alpha value is -2.75. The fourth-order valence-electron chi connectivity index (χ4n) is 4.93. The van der Waals surface area contributed by atoms with Gasteiger partial charge in [0.1, 0.15) is 18.0 Å². The zero-order valence-electron chi connectivity index (χ0n) is 16.2. The number of amides is 2. The van der Waals surface area contributed by atoms with Gasteiger partial charge in [0.05, 0.1) is 13.0 Å². The molecular weight excluding hydrogens is 450 g/mol. The zero-order chi connectivity index (χ0) is 20.4. The molecule has 2 amide bonds. The Morgan fingerprint density at radius 3 is 3.07 bits per heavy atom. The van der Waals surface area contributed by atoms with Gasteiger partial charge >= 0.3 is 0 Å². The van der Waals surface area contributed by atoms with Crippen molar-refractivity contribution in [2.75, 3.05) is 6.54 Å². The highest BCUT2D eigenvalue weighted by Crippen LogP contribution is 2.48. The molecule has 154 valence electrons. The number of likely N-dealkylation sites (tertiary alicyclic amines) is 1. The van der Waals surface area contributed by atoms with Crippen LogP contribution in [0.2, 0.25) is 0 Å². The van der Waals surface area contributed by atoms with Gasteiger partial charge in [-0.2, -0.15) is 0 Å². The molecule has 0 radical (unpaired) electrons. The van der Waals surface area contributed by atoms with Crippen LogP contribution >= 0.6 is 15.9 Å². The molecule has 3 atom stereocenters. The third-order valence-corrected chi connectivity index (χ3v) is 6.99. The topological polar surface area (TPSA) is 100 Å². The Bertz CT molecular complexity index is 1170. The first kappa shape index (κ1) is 18.1. The number of nitrogens with zero attached hydrogens (tertiary/aromatic N) is 6. The lowest BCUT2D eigenvalue weighted by atomic mass is 10.1. The average Bonchev–Trinajstić information content (AvgIpc) is 3.10. The van der Waals surface area contributed by atoms with E-state index in [0.717, 1.165) is 39.7 Å². The molecular formula is C20H20BrN7O2. The number of rotatable bonds is 3. The van der Waals surface area contributed by atoms with E-state index in [1.54, 1.807) is 12.5 Å². The van der Waals surface area contributed by atoms with Crippen molar-refractivity contribution < 1.29 is 9.59 Å². The summed E-state index contributed by atoms with van der Waals surface area (Å²) in [6.07, 6.45) is 7.31. The number of fused-ring (bicyclic) bond motifs is 3. The van der Waals surface area contributed by atoms with Gasteiger partial charge in [-0.15, -0.1) is 10.2 Å². The molecule has 5 heterocycles. The second-order valence-electron chi connectivity index (χ2n) is 8.36. The van der Waals surface area contributed by atoms with Gasteiger partial charge in [-0.05, 0) is 46.3 Å². The van der Waals surface area contributed by atoms with Crippen molar-refractivity contribution in [1.82, 2.24) is 34.5 Å². The Kier molecular flexibility index (Phi) is 3.99. The number of piperidine rings is 1. The molecule has 1 saturated heterocycles. The summed E-state index contributed by atoms with van der Waals surface area (Å²) in [6.45, 7) is 1.77. The summed E-state index contributed by atoms with van der Waals surface area (Å²) in [5, 5.41) is 8.97. The number of carbonyl (C=O) groups is 2. The minimum Gasteiger partial charge on any atom is -0.346 e. The smallest absolute Gasteiger partial charge is 0.245 e. The molecule has 0 unspecified atom stereocenters. The predicted octanol–water partition coefficient (Wildman–Crippen LogP) is 1.49. The molecule has 1 saturated carbocycles. The highest BCUT2D eigenvalue weighted by molar-refractivity contribution is 9.10. The number of aromatic amines is 1. The standard InChI is InChI=1S/C20H20BrN7O2/c21-13-6-14-12(7-22-19(14)23-8-13)5-18(29)28-15-3-11(15)4-16(28)20(30)26-1-2-27-10-24-25-17(27)9-26/h6-8,10-11,15-16H,1-5,9H2,(H,22,23)/t11-,15-,16+/m1/s1. The number of nitrogens with one attached hydrogen (secondary N) is 1. The Labute approximate surface area is 180 Å². The van der Waals surface area contributed by atoms with E-state index in [1.165, 1.54) is 0 Å². The monoisotopic (exact) mass is 469 g/mol. The van der Waals surface area contributed by atoms with Crippen LogP contribution in [-0.4, -0.2) is 65.0 Å². The molecule has 1 aliphatic carbocycles. The van der Waals surface area contributed by atoms with Crippen LogP contribution in [0.1, 0.15) is 24.2 Å². The van der Waals surface area contributed by atoms with Gasteiger partial charge in [-0.25, -0.2) is 4.98 Å². The maximum Gasteiger partial charge on any atom is 0.245 e. The van der Waals surface area contributed by atoms with Gasteiger partial charge in [0, 0.05) is 41.4 Å². The molecule has 30 heavy (non-hydrogen) atoms. The lowest BCUT2D eigenvalue weighted by molar-refractivity contribution is -0.145. The van der Waals surface area contributed by atoms with E-state index in [1.807, 2.05) is 26.6 Å². The van der Waals surface area contributed by atoms with Crippen molar-refractivity contribution in [3.63, 3.8) is 0 Å². The van der Waals surface area contributed by atoms with Gasteiger partial charge in [0.2, 0.25) is 11.8 Å². The summed E-state index contributed by atoms with van der Waals surface area (Å²) in [5.74, 6) is 1.30. The van der Waals surface area contributed by atoms with Crippen LogP contribution < -0.4 is 0 Å². The zero-order valence-corrected chi connectivity index (χ0v) is 17.7. The third kappa shape index (κ3) is 2.84. The summed E-state index contributed by atoms with van der Waals surface area (Å²) in [4.78, 5) is 37.8. The summed E-state index contributed by atoms with van der Waals surface area (Å²) < 4.78 is 2.85. The van der Waals surface area contributed by atoms with Gasteiger partial charge in [0.25, 0.3) is 0 Å². The number of halogens is 1. The number of hydrogen-bond donors (Lipinski definition) is 1. The Balaban J connectivity index is 1.22. The predicted molar refractivity (Wildman–Crippen MR) is 110 cm³/mol. The van der Waals surface area contributed by atoms with Crippen LogP contribution in [0.5, 0.6) is 0 Å². The molecule has 6 rings (SSSR count). The number of carbonyl (C=O) groups excluding carboxylic acids is 2. The maximum absolute atomic E-state index is 13.3. The third-order valence-electron chi connectivity index (χ3n) is 6.55. The van der Waals surface area contributed by atoms with Gasteiger partial charge in [0.15, 0.2) is 5.82 Å². The van der Waals surface area contributed by atoms with Crippen molar-refractivity contribution in [3.05, 3.63) is 40.6 Å². The molecule has 1 N–H and O–H groups in total. The lowest BCUT2D eigenvalue weighted by Crippen LogP contribution is -2.51. The minimum atomic E-state index is -0.370. The van der Waals surface area contributed by atoms with Crippen LogP contribution in [-0.2, 0) is 29.1 Å². The van der Waals surface area contributed by atoms with Crippen LogP contribution in [0.15, 0.2) is 29.3 Å². The molecule has 3 aromatic rings. The Morgan fingerprint density at radius 1 is 1.27 bits per heavy atom. The van der Waals surface area contributed by atoms with Crippen molar-refractivity contribution in [2.24, 2.45) is 5.92 Å². The molecule has 9 nitrogen and oxygen atoms in total. The number of H-pyrrole nitrogens is 1. The van der Waals surface area contributed by atoms with Crippen LogP contribution in [0.25, 0.3) is 11.0 Å². The second-order valence-corrected chi connectivity index (χ2v) is 9.27. The first-order valence-electron chi connectivity index (χ1n) is 10.2. The quantitative estimate of drug-likeness (QED) is 0.626. The molecule has 10 heteroatoms. The van der Waals surface area contributed by atoms with Crippen molar-refractivity contribution in [3.8, 4) is 0 Å². The largest absolute Gasteiger partial charge is 0.346 e. The number of pyridine rings is 1. The molecule has 3 aliphatic rings. The first-order valence-corrected chi connectivity index (χ1v) is 11.0. The van der Waals surface area contributed by atoms with E-state index in [0.29, 0.717) is 25.6 Å². The first-order chi connectivity index (χ1) is 14.6. The van der Waals surface area contributed by atoms with Gasteiger partial charge in [-0.3, -0.25) is 9.59 Å². The van der Waals surface area contributed by atoms with Crippen LogP contribution in [0, 0.1) is 5.92 Å². The SMILES string of the molecule is O=C([C@@H]1C[C@H]2C[C@H]2N1C(=O)Cc1c[nH]c2ncc(Br)cc12)N1CCn2cnnc2C1. The fraction of sp³-hybridized carbons (Fsp3) is 0.450. The van der Waals surface area contributed by atoms with Gasteiger partial charge < -0.3 is 19.4 Å². The van der Waals surface area contributed by atoms with E-state index in [2.05, 4.69) is 36.1 Å². The summed E-state index contributed by atoms with van der Waals surface area (Å²) in [5.41, 5.74) is 1.67. The van der Waals surface area contributed by atoms with Crippen LogP contribution in [0.3, 0.4) is 0 Å². The highest BCUT2D eigenvalue weighted by atomic mass is 79.9. The summed E-state index contributed by atoms with van der Waals surface area (Å²) >= 11 is 3.45. The second kappa shape index (κ2) is 6.63. The highest BCUT2D eigenvalue weighted by Gasteiger charge is 2.56. The van der Waals surface area contributed by atoms with Crippen LogP contribution in [0.4, 0.5) is 0 Å². The molecule has 2 aliphatic heterocycles. The summed E-state index contributed by atoms with van der Waals surface area (Å²) in [6, 6.07) is 1.80. The van der Waals surface area contributed by atoms with Crippen molar-refractivity contribution in [1.29, 1.82) is 0 Å². The molecule has 0 spiro atoms. The molecule has 0 bridgehead atoms. The van der Waals surface area contributed by atoms with E-state index in [-0.39, 0.29) is 30.3 Å². The minimum absolute atomic E-state index is 0.0133.